The van der Waals surface area contributed by atoms with E-state index >= 15 is 0 Å². The number of hydrogen-bond acceptors (Lipinski definition) is 6. The van der Waals surface area contributed by atoms with Crippen LogP contribution in [-0.4, -0.2) is 15.4 Å². The number of fused-ring (bicyclic) bond motifs is 3. The Labute approximate surface area is 135 Å². The number of aryl methyl sites for hydroxylation is 2. The van der Waals surface area contributed by atoms with Gasteiger partial charge >= 0.3 is 5.97 Å². The summed E-state index contributed by atoms with van der Waals surface area (Å²) in [6.45, 7) is -0.0478. The number of ether oxygens (including phenoxy) is 1. The van der Waals surface area contributed by atoms with E-state index in [0.29, 0.717) is 10.7 Å². The molecule has 4 rings (SSSR count). The molecule has 3 aromatic heterocycles. The molecule has 0 amide bonds. The van der Waals surface area contributed by atoms with E-state index in [9.17, 15) is 9.59 Å². The summed E-state index contributed by atoms with van der Waals surface area (Å²) < 4.78 is 11.8. The number of rotatable bonds is 3. The van der Waals surface area contributed by atoms with Crippen LogP contribution in [0.1, 0.15) is 39.7 Å². The van der Waals surface area contributed by atoms with Crippen molar-refractivity contribution in [3.8, 4) is 0 Å². The number of nitrogens with zero attached hydrogens (tertiary/aromatic N) is 2. The van der Waals surface area contributed by atoms with Gasteiger partial charge in [-0.3, -0.25) is 9.20 Å². The third-order valence-electron chi connectivity index (χ3n) is 3.89. The first-order valence-electron chi connectivity index (χ1n) is 7.46. The molecule has 0 N–H and O–H groups in total. The molecule has 0 spiro atoms. The zero-order valence-electron chi connectivity index (χ0n) is 12.3. The average Bonchev–Trinajstić information content (AvgIpc) is 3.19. The third-order valence-corrected chi connectivity index (χ3v) is 5.03. The van der Waals surface area contributed by atoms with E-state index in [1.54, 1.807) is 21.8 Å². The van der Waals surface area contributed by atoms with E-state index in [2.05, 4.69) is 4.98 Å². The van der Waals surface area contributed by atoms with Crippen LogP contribution >= 0.6 is 11.3 Å². The molecule has 0 radical (unpaired) electrons. The summed E-state index contributed by atoms with van der Waals surface area (Å²) in [6.07, 6.45) is 5.59. The van der Waals surface area contributed by atoms with Crippen LogP contribution in [0.3, 0.4) is 0 Å². The van der Waals surface area contributed by atoms with Gasteiger partial charge in [-0.15, -0.1) is 11.3 Å². The molecule has 0 atom stereocenters. The van der Waals surface area contributed by atoms with Gasteiger partial charge in [0.2, 0.25) is 5.76 Å². The van der Waals surface area contributed by atoms with Crippen molar-refractivity contribution < 1.29 is 13.9 Å². The number of aromatic nitrogens is 2. The lowest BCUT2D eigenvalue weighted by molar-refractivity contribution is 0.0431. The SMILES string of the molecule is O=C(OCc1cc(=O)n2c3c(sc2n1)CCCC3)c1ccco1. The Morgan fingerprint density at radius 3 is 3.09 bits per heavy atom. The second-order valence-electron chi connectivity index (χ2n) is 5.44. The number of hydrogen-bond donors (Lipinski definition) is 0. The normalized spacial score (nSPS) is 13.9. The Balaban J connectivity index is 1.61. The summed E-state index contributed by atoms with van der Waals surface area (Å²) in [5.74, 6) is -0.433. The van der Waals surface area contributed by atoms with Crippen molar-refractivity contribution in [2.75, 3.05) is 0 Å². The summed E-state index contributed by atoms with van der Waals surface area (Å²) in [7, 11) is 0. The third kappa shape index (κ3) is 2.57. The van der Waals surface area contributed by atoms with Crippen LogP contribution in [-0.2, 0) is 24.2 Å². The van der Waals surface area contributed by atoms with Crippen molar-refractivity contribution in [3.05, 3.63) is 56.8 Å². The summed E-state index contributed by atoms with van der Waals surface area (Å²) >= 11 is 1.55. The molecule has 1 aliphatic rings. The maximum Gasteiger partial charge on any atom is 0.374 e. The Morgan fingerprint density at radius 2 is 2.26 bits per heavy atom. The van der Waals surface area contributed by atoms with Crippen molar-refractivity contribution in [1.29, 1.82) is 0 Å². The number of carbonyl (C=O) groups excluding carboxylic acids is 1. The van der Waals surface area contributed by atoms with E-state index in [4.69, 9.17) is 9.15 Å². The molecule has 1 aliphatic carbocycles. The highest BCUT2D eigenvalue weighted by Gasteiger charge is 2.19. The van der Waals surface area contributed by atoms with Crippen molar-refractivity contribution in [2.24, 2.45) is 0 Å². The molecule has 7 heteroatoms. The summed E-state index contributed by atoms with van der Waals surface area (Å²) in [5, 5.41) is 0. The minimum absolute atomic E-state index is 0.0478. The molecule has 118 valence electrons. The van der Waals surface area contributed by atoms with Gasteiger partial charge in [-0.25, -0.2) is 9.78 Å². The molecular weight excluding hydrogens is 316 g/mol. The first-order valence-corrected chi connectivity index (χ1v) is 8.28. The van der Waals surface area contributed by atoms with E-state index in [1.807, 2.05) is 0 Å². The van der Waals surface area contributed by atoms with Crippen LogP contribution in [0.15, 0.2) is 33.7 Å². The quantitative estimate of drug-likeness (QED) is 0.690. The van der Waals surface area contributed by atoms with E-state index in [1.165, 1.54) is 23.3 Å². The van der Waals surface area contributed by atoms with Gasteiger partial charge in [0.15, 0.2) is 4.96 Å². The number of thiazole rings is 1. The molecule has 0 bridgehead atoms. The van der Waals surface area contributed by atoms with Gasteiger partial charge in [-0.2, -0.15) is 0 Å². The first kappa shape index (κ1) is 14.2. The van der Waals surface area contributed by atoms with Gasteiger partial charge in [0.1, 0.15) is 6.61 Å². The number of furan rings is 1. The lowest BCUT2D eigenvalue weighted by Crippen LogP contribution is -2.18. The van der Waals surface area contributed by atoms with Crippen molar-refractivity contribution in [2.45, 2.75) is 32.3 Å². The highest BCUT2D eigenvalue weighted by atomic mass is 32.1. The van der Waals surface area contributed by atoms with Gasteiger partial charge in [-0.1, -0.05) is 0 Å². The monoisotopic (exact) mass is 330 g/mol. The van der Waals surface area contributed by atoms with Gasteiger partial charge in [0.25, 0.3) is 5.56 Å². The smallest absolute Gasteiger partial charge is 0.374 e. The topological polar surface area (TPSA) is 73.8 Å². The molecule has 6 nitrogen and oxygen atoms in total. The summed E-state index contributed by atoms with van der Waals surface area (Å²) in [6, 6.07) is 4.58. The fraction of sp³-hybridized carbons (Fsp3) is 0.312. The lowest BCUT2D eigenvalue weighted by atomic mass is 10.0. The second-order valence-corrected chi connectivity index (χ2v) is 6.50. The standard InChI is InChI=1S/C16H14N2O4S/c19-14-8-10(9-22-15(20)12-5-3-7-21-12)17-16-18(14)11-4-1-2-6-13(11)23-16/h3,5,7-8H,1-2,4,6,9H2. The predicted molar refractivity (Wildman–Crippen MR) is 83.8 cm³/mol. The molecule has 23 heavy (non-hydrogen) atoms. The highest BCUT2D eigenvalue weighted by molar-refractivity contribution is 7.17. The van der Waals surface area contributed by atoms with Crippen molar-refractivity contribution in [1.82, 2.24) is 9.38 Å². The van der Waals surface area contributed by atoms with Crippen molar-refractivity contribution >= 4 is 22.3 Å². The maximum atomic E-state index is 12.4. The Hall–Kier alpha value is -2.41. The zero-order valence-corrected chi connectivity index (χ0v) is 13.1. The fourth-order valence-electron chi connectivity index (χ4n) is 2.82. The summed E-state index contributed by atoms with van der Waals surface area (Å²) in [5.41, 5.74) is 1.43. The highest BCUT2D eigenvalue weighted by Crippen LogP contribution is 2.28. The molecule has 0 unspecified atom stereocenters. The molecule has 0 aromatic carbocycles. The van der Waals surface area contributed by atoms with Crippen molar-refractivity contribution in [3.63, 3.8) is 0 Å². The van der Waals surface area contributed by atoms with Crippen LogP contribution in [0.4, 0.5) is 0 Å². The Morgan fingerprint density at radius 1 is 1.39 bits per heavy atom. The number of carbonyl (C=O) groups is 1. The second kappa shape index (κ2) is 5.66. The van der Waals surface area contributed by atoms with E-state index in [0.717, 1.165) is 31.4 Å². The van der Waals surface area contributed by atoms with Gasteiger partial charge in [0.05, 0.1) is 12.0 Å². The first-order chi connectivity index (χ1) is 11.2. The van der Waals surface area contributed by atoms with Gasteiger partial charge in [0, 0.05) is 16.6 Å². The van der Waals surface area contributed by atoms with Crippen LogP contribution in [0.2, 0.25) is 0 Å². The number of esters is 1. The Bertz CT molecular complexity index is 924. The van der Waals surface area contributed by atoms with E-state index < -0.39 is 5.97 Å². The minimum atomic E-state index is -0.567. The molecular formula is C16H14N2O4S. The maximum absolute atomic E-state index is 12.4. The summed E-state index contributed by atoms with van der Waals surface area (Å²) in [4.78, 5) is 30.5. The van der Waals surface area contributed by atoms with Crippen LogP contribution < -0.4 is 5.56 Å². The molecule has 0 aliphatic heterocycles. The average molecular weight is 330 g/mol. The zero-order chi connectivity index (χ0) is 15.8. The van der Waals surface area contributed by atoms with E-state index in [-0.39, 0.29) is 17.9 Å². The van der Waals surface area contributed by atoms with Crippen LogP contribution in [0, 0.1) is 0 Å². The molecule has 3 heterocycles. The minimum Gasteiger partial charge on any atom is -0.457 e. The largest absolute Gasteiger partial charge is 0.457 e. The van der Waals surface area contributed by atoms with Crippen LogP contribution in [0.25, 0.3) is 4.96 Å². The van der Waals surface area contributed by atoms with Gasteiger partial charge in [-0.05, 0) is 37.8 Å². The lowest BCUT2D eigenvalue weighted by Gasteiger charge is -2.10. The molecule has 0 saturated heterocycles. The molecule has 3 aromatic rings. The predicted octanol–water partition coefficient (Wildman–Crippen LogP) is 2.58. The Kier molecular flexibility index (Phi) is 3.49. The fourth-order valence-corrected chi connectivity index (χ4v) is 4.05. The molecule has 0 saturated carbocycles. The van der Waals surface area contributed by atoms with Gasteiger partial charge < -0.3 is 9.15 Å². The molecule has 0 fully saturated rings. The van der Waals surface area contributed by atoms with Crippen LogP contribution in [0.5, 0.6) is 0 Å².